The van der Waals surface area contributed by atoms with Gasteiger partial charge in [-0.15, -0.1) is 0 Å². The number of rotatable bonds is 2. The molecule has 0 aliphatic heterocycles. The van der Waals surface area contributed by atoms with Crippen LogP contribution in [0.15, 0.2) is 36.4 Å². The number of carbonyl (C=O) groups is 1. The number of methoxy groups -OCH3 is 1. The molecule has 0 amide bonds. The van der Waals surface area contributed by atoms with Crippen LogP contribution in [-0.4, -0.2) is 13.1 Å². The molecule has 98 valence electrons. The maximum absolute atomic E-state index is 13.1. The van der Waals surface area contributed by atoms with Crippen molar-refractivity contribution < 1.29 is 13.9 Å². The van der Waals surface area contributed by atoms with Crippen LogP contribution in [0.25, 0.3) is 11.1 Å². The number of halogens is 2. The van der Waals surface area contributed by atoms with Crippen LogP contribution in [0.5, 0.6) is 0 Å². The molecule has 0 aromatic heterocycles. The summed E-state index contributed by atoms with van der Waals surface area (Å²) in [5.41, 5.74) is 3.08. The molecule has 2 aromatic rings. The zero-order valence-electron chi connectivity index (χ0n) is 10.5. The van der Waals surface area contributed by atoms with Crippen LogP contribution in [0.1, 0.15) is 15.9 Å². The van der Waals surface area contributed by atoms with E-state index in [-0.39, 0.29) is 11.0 Å². The van der Waals surface area contributed by atoms with Crippen LogP contribution in [0, 0.1) is 12.7 Å². The molecule has 0 saturated carbocycles. The average molecular weight is 279 g/mol. The monoisotopic (exact) mass is 278 g/mol. The van der Waals surface area contributed by atoms with Gasteiger partial charge < -0.3 is 4.74 Å². The van der Waals surface area contributed by atoms with Gasteiger partial charge in [0.1, 0.15) is 5.82 Å². The molecule has 2 nitrogen and oxygen atoms in total. The van der Waals surface area contributed by atoms with Gasteiger partial charge in [0, 0.05) is 0 Å². The normalized spacial score (nSPS) is 10.3. The molecule has 0 saturated heterocycles. The third-order valence-electron chi connectivity index (χ3n) is 2.88. The first kappa shape index (κ1) is 13.6. The number of aryl methyl sites for hydroxylation is 1. The van der Waals surface area contributed by atoms with Gasteiger partial charge in [-0.05, 0) is 47.9 Å². The molecule has 4 heteroatoms. The Bertz CT molecular complexity index is 638. The summed E-state index contributed by atoms with van der Waals surface area (Å²) in [4.78, 5) is 11.4. The SMILES string of the molecule is COC(=O)c1ccc(-c2ccc(F)c(Cl)c2)c(C)c1. The summed E-state index contributed by atoms with van der Waals surface area (Å²) in [5.74, 6) is -0.832. The lowest BCUT2D eigenvalue weighted by Gasteiger charge is -2.08. The zero-order chi connectivity index (χ0) is 14.0. The number of benzene rings is 2. The Kier molecular flexibility index (Phi) is 3.86. The molecule has 0 unspecified atom stereocenters. The highest BCUT2D eigenvalue weighted by molar-refractivity contribution is 6.31. The first-order valence-corrected chi connectivity index (χ1v) is 6.05. The van der Waals surface area contributed by atoms with Crippen molar-refractivity contribution >= 4 is 17.6 Å². The molecule has 0 bridgehead atoms. The molecular weight excluding hydrogens is 267 g/mol. The molecule has 0 heterocycles. The highest BCUT2D eigenvalue weighted by Crippen LogP contribution is 2.28. The predicted octanol–water partition coefficient (Wildman–Crippen LogP) is 4.24. The van der Waals surface area contributed by atoms with Gasteiger partial charge in [-0.25, -0.2) is 9.18 Å². The van der Waals surface area contributed by atoms with E-state index in [1.807, 2.05) is 6.92 Å². The molecule has 0 spiro atoms. The average Bonchev–Trinajstić information content (AvgIpc) is 2.41. The number of esters is 1. The van der Waals surface area contributed by atoms with E-state index in [9.17, 15) is 9.18 Å². The lowest BCUT2D eigenvalue weighted by Crippen LogP contribution is -2.01. The number of carbonyl (C=O) groups excluding carboxylic acids is 1. The van der Waals surface area contributed by atoms with Gasteiger partial charge in [0.05, 0.1) is 17.7 Å². The Hall–Kier alpha value is -1.87. The Balaban J connectivity index is 2.46. The lowest BCUT2D eigenvalue weighted by atomic mass is 9.98. The third-order valence-corrected chi connectivity index (χ3v) is 3.17. The summed E-state index contributed by atoms with van der Waals surface area (Å²) in [5, 5.41) is 0.0777. The van der Waals surface area contributed by atoms with Gasteiger partial charge in [0.15, 0.2) is 0 Å². The smallest absolute Gasteiger partial charge is 0.337 e. The van der Waals surface area contributed by atoms with Crippen molar-refractivity contribution in [3.8, 4) is 11.1 Å². The fourth-order valence-corrected chi connectivity index (χ4v) is 2.08. The minimum Gasteiger partial charge on any atom is -0.465 e. The fourth-order valence-electron chi connectivity index (χ4n) is 1.90. The molecule has 2 aromatic carbocycles. The number of hydrogen-bond donors (Lipinski definition) is 0. The van der Waals surface area contributed by atoms with Crippen LogP contribution < -0.4 is 0 Å². The fraction of sp³-hybridized carbons (Fsp3) is 0.133. The standard InChI is InChI=1S/C15H12ClFO2/c1-9-7-11(15(18)19-2)3-5-12(9)10-4-6-14(17)13(16)8-10/h3-8H,1-2H3. The number of ether oxygens (including phenoxy) is 1. The predicted molar refractivity (Wildman–Crippen MR) is 72.9 cm³/mol. The third kappa shape index (κ3) is 2.76. The molecule has 0 aliphatic rings. The van der Waals surface area contributed by atoms with Crippen molar-refractivity contribution in [2.45, 2.75) is 6.92 Å². The molecule has 0 radical (unpaired) electrons. The Labute approximate surface area is 115 Å². The Morgan fingerprint density at radius 3 is 2.53 bits per heavy atom. The van der Waals surface area contributed by atoms with Crippen LogP contribution in [0.2, 0.25) is 5.02 Å². The molecular formula is C15H12ClFO2. The van der Waals surface area contributed by atoms with E-state index in [1.165, 1.54) is 13.2 Å². The van der Waals surface area contributed by atoms with Gasteiger partial charge in [0.25, 0.3) is 0 Å². The molecule has 19 heavy (non-hydrogen) atoms. The van der Waals surface area contributed by atoms with Crippen LogP contribution in [-0.2, 0) is 4.74 Å². The van der Waals surface area contributed by atoms with Crippen molar-refractivity contribution in [3.63, 3.8) is 0 Å². The van der Waals surface area contributed by atoms with Gasteiger partial charge in [0.2, 0.25) is 0 Å². The van der Waals surface area contributed by atoms with Crippen molar-refractivity contribution in [1.82, 2.24) is 0 Å². The first-order chi connectivity index (χ1) is 9.02. The van der Waals surface area contributed by atoms with E-state index >= 15 is 0 Å². The van der Waals surface area contributed by atoms with Crippen LogP contribution in [0.3, 0.4) is 0 Å². The second-order valence-corrected chi connectivity index (χ2v) is 4.56. The summed E-state index contributed by atoms with van der Waals surface area (Å²) in [7, 11) is 1.34. The molecule has 0 N–H and O–H groups in total. The summed E-state index contributed by atoms with van der Waals surface area (Å²) in [6.45, 7) is 1.87. The second kappa shape index (κ2) is 5.41. The zero-order valence-corrected chi connectivity index (χ0v) is 11.3. The van der Waals surface area contributed by atoms with Crippen molar-refractivity contribution in [1.29, 1.82) is 0 Å². The van der Waals surface area contributed by atoms with Gasteiger partial charge in [-0.1, -0.05) is 23.7 Å². The van der Waals surface area contributed by atoms with E-state index < -0.39 is 5.82 Å². The Morgan fingerprint density at radius 1 is 1.21 bits per heavy atom. The van der Waals surface area contributed by atoms with E-state index in [0.717, 1.165) is 16.7 Å². The van der Waals surface area contributed by atoms with Crippen LogP contribution in [0.4, 0.5) is 4.39 Å². The summed E-state index contributed by atoms with van der Waals surface area (Å²) in [6, 6.07) is 9.75. The topological polar surface area (TPSA) is 26.3 Å². The second-order valence-electron chi connectivity index (χ2n) is 4.15. The summed E-state index contributed by atoms with van der Waals surface area (Å²) < 4.78 is 17.8. The number of hydrogen-bond acceptors (Lipinski definition) is 2. The Morgan fingerprint density at radius 2 is 1.95 bits per heavy atom. The summed E-state index contributed by atoms with van der Waals surface area (Å²) >= 11 is 5.77. The van der Waals surface area contributed by atoms with Gasteiger partial charge in [-0.3, -0.25) is 0 Å². The highest BCUT2D eigenvalue weighted by Gasteiger charge is 2.10. The van der Waals surface area contributed by atoms with Crippen LogP contribution >= 0.6 is 11.6 Å². The quantitative estimate of drug-likeness (QED) is 0.768. The maximum Gasteiger partial charge on any atom is 0.337 e. The van der Waals surface area contributed by atoms with E-state index in [4.69, 9.17) is 11.6 Å². The van der Waals surface area contributed by atoms with Crippen molar-refractivity contribution in [2.24, 2.45) is 0 Å². The molecule has 0 atom stereocenters. The molecule has 0 fully saturated rings. The highest BCUT2D eigenvalue weighted by atomic mass is 35.5. The lowest BCUT2D eigenvalue weighted by molar-refractivity contribution is 0.0600. The minimum absolute atomic E-state index is 0.0777. The van der Waals surface area contributed by atoms with E-state index in [1.54, 1.807) is 30.3 Å². The van der Waals surface area contributed by atoms with Gasteiger partial charge in [-0.2, -0.15) is 0 Å². The summed E-state index contributed by atoms with van der Waals surface area (Å²) in [6.07, 6.45) is 0. The van der Waals surface area contributed by atoms with E-state index in [0.29, 0.717) is 5.56 Å². The minimum atomic E-state index is -0.450. The van der Waals surface area contributed by atoms with Gasteiger partial charge >= 0.3 is 5.97 Å². The molecule has 2 rings (SSSR count). The van der Waals surface area contributed by atoms with E-state index in [2.05, 4.69) is 4.74 Å². The van der Waals surface area contributed by atoms with Crippen molar-refractivity contribution in [2.75, 3.05) is 7.11 Å². The van der Waals surface area contributed by atoms with Crippen molar-refractivity contribution in [3.05, 3.63) is 58.4 Å². The maximum atomic E-state index is 13.1. The molecule has 0 aliphatic carbocycles. The first-order valence-electron chi connectivity index (χ1n) is 5.67. The largest absolute Gasteiger partial charge is 0.465 e.